The van der Waals surface area contributed by atoms with Gasteiger partial charge >= 0.3 is 0 Å². The molecule has 0 unspecified atom stereocenters. The highest BCUT2D eigenvalue weighted by molar-refractivity contribution is 5.45. The Labute approximate surface area is 115 Å². The van der Waals surface area contributed by atoms with Gasteiger partial charge in [0.25, 0.3) is 5.69 Å². The molecule has 0 fully saturated rings. The van der Waals surface area contributed by atoms with Crippen molar-refractivity contribution in [1.82, 2.24) is 4.98 Å². The molecule has 0 radical (unpaired) electrons. The molecule has 2 rings (SSSR count). The lowest BCUT2D eigenvalue weighted by molar-refractivity contribution is -0.384. The van der Waals surface area contributed by atoms with Crippen molar-refractivity contribution < 1.29 is 14.4 Å². The van der Waals surface area contributed by atoms with E-state index in [1.165, 1.54) is 12.1 Å². The van der Waals surface area contributed by atoms with Gasteiger partial charge in [0.05, 0.1) is 17.1 Å². The first kappa shape index (κ1) is 13.6. The van der Waals surface area contributed by atoms with Crippen LogP contribution in [-0.2, 0) is 0 Å². The maximum absolute atomic E-state index is 10.7. The predicted molar refractivity (Wildman–Crippen MR) is 72.7 cm³/mol. The molecule has 0 amide bonds. The summed E-state index contributed by atoms with van der Waals surface area (Å²) in [5.41, 5.74) is 5.31. The summed E-state index contributed by atoms with van der Waals surface area (Å²) in [6.45, 7) is 0.511. The molecule has 1 aromatic carbocycles. The van der Waals surface area contributed by atoms with E-state index in [1.807, 2.05) is 30.3 Å². The van der Waals surface area contributed by atoms with Gasteiger partial charge in [-0.25, -0.2) is 0 Å². The van der Waals surface area contributed by atoms with Crippen molar-refractivity contribution in [2.75, 3.05) is 18.9 Å². The summed E-state index contributed by atoms with van der Waals surface area (Å²) in [5, 5.41) is 10.7. The number of anilines is 1. The standard InChI is InChI=1S/C13H13N3O4/c14-12-8-10(16(17)18)9-13(15-12)20-7-6-19-11-4-2-1-3-5-11/h1-5,8-9H,6-7H2,(H2,14,15). The lowest BCUT2D eigenvalue weighted by Crippen LogP contribution is -2.10. The smallest absolute Gasteiger partial charge is 0.278 e. The topological polar surface area (TPSA) is 101 Å². The monoisotopic (exact) mass is 275 g/mol. The highest BCUT2D eigenvalue weighted by Crippen LogP contribution is 2.20. The second kappa shape index (κ2) is 6.37. The number of nitrogens with zero attached hydrogens (tertiary/aromatic N) is 2. The van der Waals surface area contributed by atoms with E-state index in [4.69, 9.17) is 15.2 Å². The molecular formula is C13H13N3O4. The van der Waals surface area contributed by atoms with E-state index >= 15 is 0 Å². The molecule has 104 valence electrons. The maximum Gasteiger partial charge on any atom is 0.278 e. The average molecular weight is 275 g/mol. The summed E-state index contributed by atoms with van der Waals surface area (Å²) in [4.78, 5) is 14.0. The summed E-state index contributed by atoms with van der Waals surface area (Å²) < 4.78 is 10.7. The fourth-order valence-corrected chi connectivity index (χ4v) is 1.51. The zero-order chi connectivity index (χ0) is 14.4. The van der Waals surface area contributed by atoms with Crippen LogP contribution in [0.15, 0.2) is 42.5 Å². The Morgan fingerprint density at radius 3 is 2.55 bits per heavy atom. The summed E-state index contributed by atoms with van der Waals surface area (Å²) >= 11 is 0. The number of para-hydroxylation sites is 1. The maximum atomic E-state index is 10.7. The number of hydrogen-bond acceptors (Lipinski definition) is 6. The van der Waals surface area contributed by atoms with Crippen LogP contribution in [-0.4, -0.2) is 23.1 Å². The van der Waals surface area contributed by atoms with Crippen LogP contribution in [0, 0.1) is 10.1 Å². The molecule has 0 aliphatic rings. The third-order valence-electron chi connectivity index (χ3n) is 2.36. The number of benzene rings is 1. The van der Waals surface area contributed by atoms with E-state index in [-0.39, 0.29) is 24.0 Å². The molecular weight excluding hydrogens is 262 g/mol. The number of nitrogens with two attached hydrogens (primary N) is 1. The Bertz CT molecular complexity index is 589. The molecule has 0 aliphatic carbocycles. The van der Waals surface area contributed by atoms with Crippen LogP contribution in [0.25, 0.3) is 0 Å². The van der Waals surface area contributed by atoms with Gasteiger partial charge in [0.1, 0.15) is 24.8 Å². The van der Waals surface area contributed by atoms with Crippen LogP contribution in [0.5, 0.6) is 11.6 Å². The molecule has 1 heterocycles. The summed E-state index contributed by atoms with van der Waals surface area (Å²) in [5.74, 6) is 0.870. The van der Waals surface area contributed by atoms with Crippen LogP contribution in [0.3, 0.4) is 0 Å². The molecule has 0 saturated heterocycles. The quantitative estimate of drug-likeness (QED) is 0.491. The Kier molecular flexibility index (Phi) is 4.33. The van der Waals surface area contributed by atoms with Crippen molar-refractivity contribution >= 4 is 11.5 Å². The zero-order valence-electron chi connectivity index (χ0n) is 10.6. The van der Waals surface area contributed by atoms with Crippen LogP contribution in [0.4, 0.5) is 11.5 Å². The molecule has 1 aromatic heterocycles. The van der Waals surface area contributed by atoms with Gasteiger partial charge < -0.3 is 15.2 Å². The van der Waals surface area contributed by atoms with E-state index in [0.29, 0.717) is 6.61 Å². The largest absolute Gasteiger partial charge is 0.490 e. The van der Waals surface area contributed by atoms with E-state index in [9.17, 15) is 10.1 Å². The fraction of sp³-hybridized carbons (Fsp3) is 0.154. The number of aromatic nitrogens is 1. The van der Waals surface area contributed by atoms with Crippen molar-refractivity contribution in [3.63, 3.8) is 0 Å². The van der Waals surface area contributed by atoms with Crippen molar-refractivity contribution in [3.05, 3.63) is 52.6 Å². The highest BCUT2D eigenvalue weighted by Gasteiger charge is 2.10. The molecule has 2 N–H and O–H groups in total. The molecule has 7 nitrogen and oxygen atoms in total. The summed E-state index contributed by atoms with van der Waals surface area (Å²) in [6, 6.07) is 11.6. The third-order valence-corrected chi connectivity index (χ3v) is 2.36. The van der Waals surface area contributed by atoms with Gasteiger partial charge in [-0.15, -0.1) is 0 Å². The molecule has 0 aliphatic heterocycles. The van der Waals surface area contributed by atoms with E-state index in [2.05, 4.69) is 4.98 Å². The van der Waals surface area contributed by atoms with E-state index < -0.39 is 4.92 Å². The Morgan fingerprint density at radius 2 is 1.85 bits per heavy atom. The summed E-state index contributed by atoms with van der Waals surface area (Å²) in [7, 11) is 0. The van der Waals surface area contributed by atoms with Crippen LogP contribution in [0.1, 0.15) is 0 Å². The predicted octanol–water partition coefficient (Wildman–Crippen LogP) is 2.03. The number of pyridine rings is 1. The Morgan fingerprint density at radius 1 is 1.15 bits per heavy atom. The average Bonchev–Trinajstić information content (AvgIpc) is 2.44. The normalized spacial score (nSPS) is 10.0. The van der Waals surface area contributed by atoms with Crippen LogP contribution in [0.2, 0.25) is 0 Å². The fourth-order valence-electron chi connectivity index (χ4n) is 1.51. The first-order valence-corrected chi connectivity index (χ1v) is 5.88. The van der Waals surface area contributed by atoms with Gasteiger partial charge in [0.15, 0.2) is 0 Å². The first-order chi connectivity index (χ1) is 9.65. The molecule has 0 spiro atoms. The van der Waals surface area contributed by atoms with Gasteiger partial charge in [-0.2, -0.15) is 4.98 Å². The molecule has 0 saturated carbocycles. The van der Waals surface area contributed by atoms with Gasteiger partial charge in [-0.05, 0) is 12.1 Å². The lowest BCUT2D eigenvalue weighted by Gasteiger charge is -2.07. The number of hydrogen-bond donors (Lipinski definition) is 1. The SMILES string of the molecule is Nc1cc([N+](=O)[O-])cc(OCCOc2ccccc2)n1. The number of ether oxygens (including phenoxy) is 2. The molecule has 20 heavy (non-hydrogen) atoms. The minimum Gasteiger partial charge on any atom is -0.490 e. The molecule has 0 atom stereocenters. The van der Waals surface area contributed by atoms with E-state index in [0.717, 1.165) is 5.75 Å². The number of nitro groups is 1. The van der Waals surface area contributed by atoms with Crippen LogP contribution < -0.4 is 15.2 Å². The second-order valence-electron chi connectivity index (χ2n) is 3.86. The third kappa shape index (κ3) is 3.84. The lowest BCUT2D eigenvalue weighted by atomic mass is 10.3. The Hall–Kier alpha value is -2.83. The van der Waals surface area contributed by atoms with Gasteiger partial charge in [0, 0.05) is 0 Å². The first-order valence-electron chi connectivity index (χ1n) is 5.88. The van der Waals surface area contributed by atoms with Gasteiger partial charge in [-0.3, -0.25) is 10.1 Å². The van der Waals surface area contributed by atoms with Crippen molar-refractivity contribution in [1.29, 1.82) is 0 Å². The van der Waals surface area contributed by atoms with E-state index in [1.54, 1.807) is 0 Å². The van der Waals surface area contributed by atoms with Crippen molar-refractivity contribution in [2.45, 2.75) is 0 Å². The second-order valence-corrected chi connectivity index (χ2v) is 3.86. The summed E-state index contributed by atoms with van der Waals surface area (Å²) in [6.07, 6.45) is 0. The Balaban J connectivity index is 1.86. The zero-order valence-corrected chi connectivity index (χ0v) is 10.6. The van der Waals surface area contributed by atoms with Crippen molar-refractivity contribution in [3.8, 4) is 11.6 Å². The molecule has 2 aromatic rings. The van der Waals surface area contributed by atoms with Crippen molar-refractivity contribution in [2.24, 2.45) is 0 Å². The molecule has 0 bridgehead atoms. The molecule has 7 heteroatoms. The van der Waals surface area contributed by atoms with Gasteiger partial charge in [0.2, 0.25) is 5.88 Å². The highest BCUT2D eigenvalue weighted by atomic mass is 16.6. The minimum atomic E-state index is -0.550. The van der Waals surface area contributed by atoms with Gasteiger partial charge in [-0.1, -0.05) is 18.2 Å². The number of nitrogen functional groups attached to an aromatic ring is 1. The number of rotatable bonds is 6. The van der Waals surface area contributed by atoms with Crippen LogP contribution >= 0.6 is 0 Å². The minimum absolute atomic E-state index is 0.0400.